The molecule has 0 aliphatic rings. The van der Waals surface area contributed by atoms with Crippen LogP contribution in [0.3, 0.4) is 0 Å². The normalized spacial score (nSPS) is 11.7. The first-order valence-corrected chi connectivity index (χ1v) is 3.83. The standard InChI is InChI=1S/C8H13NO4/c1-2-4-13-5-3-7(8(11)12)9-6-10/h2,6-7H,1,3-5H2,(H,9,10)(H,11,12). The van der Waals surface area contributed by atoms with Crippen LogP contribution < -0.4 is 5.32 Å². The molecule has 0 saturated heterocycles. The van der Waals surface area contributed by atoms with Gasteiger partial charge in [-0.05, 0) is 0 Å². The second-order valence-corrected chi connectivity index (χ2v) is 2.33. The van der Waals surface area contributed by atoms with Crippen molar-refractivity contribution >= 4 is 12.4 Å². The van der Waals surface area contributed by atoms with Gasteiger partial charge in [0, 0.05) is 13.0 Å². The molecule has 0 heterocycles. The van der Waals surface area contributed by atoms with Crippen molar-refractivity contribution in [2.75, 3.05) is 13.2 Å². The molecule has 1 amide bonds. The summed E-state index contributed by atoms with van der Waals surface area (Å²) in [5, 5.41) is 10.7. The first kappa shape index (κ1) is 11.6. The molecule has 74 valence electrons. The Balaban J connectivity index is 3.62. The van der Waals surface area contributed by atoms with Gasteiger partial charge in [-0.3, -0.25) is 4.79 Å². The summed E-state index contributed by atoms with van der Waals surface area (Å²) in [5.74, 6) is -1.06. The van der Waals surface area contributed by atoms with Crippen molar-refractivity contribution in [3.05, 3.63) is 12.7 Å². The molecule has 0 spiro atoms. The number of carbonyl (C=O) groups is 2. The second kappa shape index (κ2) is 7.30. The third-order valence-electron chi connectivity index (χ3n) is 1.35. The van der Waals surface area contributed by atoms with Gasteiger partial charge in [0.1, 0.15) is 6.04 Å². The number of nitrogens with one attached hydrogen (secondary N) is 1. The third kappa shape index (κ3) is 5.86. The van der Waals surface area contributed by atoms with Crippen LogP contribution in [-0.4, -0.2) is 36.7 Å². The lowest BCUT2D eigenvalue weighted by molar-refractivity contribution is -0.141. The maximum Gasteiger partial charge on any atom is 0.326 e. The third-order valence-corrected chi connectivity index (χ3v) is 1.35. The first-order valence-electron chi connectivity index (χ1n) is 3.83. The summed E-state index contributed by atoms with van der Waals surface area (Å²) in [7, 11) is 0. The van der Waals surface area contributed by atoms with Crippen molar-refractivity contribution < 1.29 is 19.4 Å². The van der Waals surface area contributed by atoms with Gasteiger partial charge in [-0.15, -0.1) is 6.58 Å². The minimum Gasteiger partial charge on any atom is -0.480 e. The molecule has 0 aromatic carbocycles. The summed E-state index contributed by atoms with van der Waals surface area (Å²) in [6.07, 6.45) is 2.19. The Kier molecular flexibility index (Phi) is 6.53. The summed E-state index contributed by atoms with van der Waals surface area (Å²) in [4.78, 5) is 20.4. The molecular formula is C8H13NO4. The predicted octanol–water partition coefficient (Wildman–Crippen LogP) is -0.222. The van der Waals surface area contributed by atoms with Crippen molar-refractivity contribution in [1.82, 2.24) is 5.32 Å². The highest BCUT2D eigenvalue weighted by Crippen LogP contribution is 1.92. The van der Waals surface area contributed by atoms with E-state index in [2.05, 4.69) is 11.9 Å². The van der Waals surface area contributed by atoms with E-state index in [4.69, 9.17) is 9.84 Å². The molecule has 0 bridgehead atoms. The lowest BCUT2D eigenvalue weighted by Crippen LogP contribution is -2.36. The maximum atomic E-state index is 10.5. The van der Waals surface area contributed by atoms with Crippen molar-refractivity contribution in [3.63, 3.8) is 0 Å². The molecule has 0 saturated carbocycles. The minimum absolute atomic E-state index is 0.252. The predicted molar refractivity (Wildman–Crippen MR) is 46.3 cm³/mol. The molecule has 0 rings (SSSR count). The fourth-order valence-electron chi connectivity index (χ4n) is 0.728. The van der Waals surface area contributed by atoms with E-state index in [0.717, 1.165) is 0 Å². The van der Waals surface area contributed by atoms with Crippen molar-refractivity contribution in [2.45, 2.75) is 12.5 Å². The molecule has 13 heavy (non-hydrogen) atoms. The largest absolute Gasteiger partial charge is 0.480 e. The van der Waals surface area contributed by atoms with Gasteiger partial charge in [-0.2, -0.15) is 0 Å². The summed E-state index contributed by atoms with van der Waals surface area (Å²) in [6, 6.07) is -0.873. The number of carboxylic acids is 1. The Labute approximate surface area is 76.4 Å². The van der Waals surface area contributed by atoms with E-state index in [0.29, 0.717) is 13.0 Å². The molecule has 5 nitrogen and oxygen atoms in total. The number of ether oxygens (including phenoxy) is 1. The van der Waals surface area contributed by atoms with Gasteiger partial charge in [0.15, 0.2) is 0 Å². The molecule has 0 fully saturated rings. The van der Waals surface area contributed by atoms with Gasteiger partial charge in [0.2, 0.25) is 6.41 Å². The van der Waals surface area contributed by atoms with Gasteiger partial charge < -0.3 is 15.2 Å². The van der Waals surface area contributed by atoms with Crippen LogP contribution in [0.5, 0.6) is 0 Å². The second-order valence-electron chi connectivity index (χ2n) is 2.33. The van der Waals surface area contributed by atoms with Crippen LogP contribution in [0.4, 0.5) is 0 Å². The summed E-state index contributed by atoms with van der Waals surface area (Å²) >= 11 is 0. The van der Waals surface area contributed by atoms with Crippen LogP contribution >= 0.6 is 0 Å². The molecule has 1 atom stereocenters. The number of rotatable bonds is 8. The number of carboxylic acid groups (broad SMARTS) is 1. The number of amides is 1. The van der Waals surface area contributed by atoms with E-state index >= 15 is 0 Å². The van der Waals surface area contributed by atoms with E-state index in [-0.39, 0.29) is 13.0 Å². The quantitative estimate of drug-likeness (QED) is 0.313. The van der Waals surface area contributed by atoms with Gasteiger partial charge >= 0.3 is 5.97 Å². The van der Waals surface area contributed by atoms with Gasteiger partial charge in [0.05, 0.1) is 6.61 Å². The molecule has 0 radical (unpaired) electrons. The van der Waals surface area contributed by atoms with Crippen LogP contribution in [0.15, 0.2) is 12.7 Å². The number of hydrogen-bond acceptors (Lipinski definition) is 3. The SMILES string of the molecule is C=CCOCCC(NC=O)C(=O)O. The highest BCUT2D eigenvalue weighted by atomic mass is 16.5. The van der Waals surface area contributed by atoms with E-state index in [1.165, 1.54) is 0 Å². The first-order chi connectivity index (χ1) is 6.22. The van der Waals surface area contributed by atoms with Crippen LogP contribution in [0.1, 0.15) is 6.42 Å². The Morgan fingerprint density at radius 1 is 1.69 bits per heavy atom. The molecule has 5 heteroatoms. The summed E-state index contributed by atoms with van der Waals surface area (Å²) < 4.78 is 4.97. The van der Waals surface area contributed by atoms with E-state index < -0.39 is 12.0 Å². The highest BCUT2D eigenvalue weighted by Gasteiger charge is 2.14. The van der Waals surface area contributed by atoms with Crippen LogP contribution in [0.2, 0.25) is 0 Å². The molecule has 2 N–H and O–H groups in total. The zero-order chi connectivity index (χ0) is 10.1. The van der Waals surface area contributed by atoms with E-state index in [9.17, 15) is 9.59 Å². The summed E-state index contributed by atoms with van der Waals surface area (Å²) in [6.45, 7) is 4.10. The fourth-order valence-corrected chi connectivity index (χ4v) is 0.728. The van der Waals surface area contributed by atoms with Crippen LogP contribution in [0, 0.1) is 0 Å². The van der Waals surface area contributed by atoms with Crippen LogP contribution in [-0.2, 0) is 14.3 Å². The smallest absolute Gasteiger partial charge is 0.326 e. The number of hydrogen-bond donors (Lipinski definition) is 2. The van der Waals surface area contributed by atoms with Crippen molar-refractivity contribution in [1.29, 1.82) is 0 Å². The minimum atomic E-state index is -1.06. The Bertz CT molecular complexity index is 181. The Morgan fingerprint density at radius 3 is 2.85 bits per heavy atom. The average Bonchev–Trinajstić information content (AvgIpc) is 2.10. The monoisotopic (exact) mass is 187 g/mol. The average molecular weight is 187 g/mol. The van der Waals surface area contributed by atoms with Gasteiger partial charge in [0.25, 0.3) is 0 Å². The molecule has 0 aliphatic heterocycles. The molecule has 1 unspecified atom stereocenters. The molecule has 0 aromatic heterocycles. The van der Waals surface area contributed by atoms with E-state index in [1.807, 2.05) is 0 Å². The Morgan fingerprint density at radius 2 is 2.38 bits per heavy atom. The number of carbonyl (C=O) groups excluding carboxylic acids is 1. The maximum absolute atomic E-state index is 10.5. The molecular weight excluding hydrogens is 174 g/mol. The topological polar surface area (TPSA) is 75.6 Å². The van der Waals surface area contributed by atoms with E-state index in [1.54, 1.807) is 6.08 Å². The van der Waals surface area contributed by atoms with Crippen molar-refractivity contribution in [2.24, 2.45) is 0 Å². The lowest BCUT2D eigenvalue weighted by atomic mass is 10.2. The highest BCUT2D eigenvalue weighted by molar-refractivity contribution is 5.76. The zero-order valence-electron chi connectivity index (χ0n) is 7.23. The molecule has 0 aromatic rings. The Hall–Kier alpha value is -1.36. The lowest BCUT2D eigenvalue weighted by Gasteiger charge is -2.10. The fraction of sp³-hybridized carbons (Fsp3) is 0.500. The molecule has 0 aliphatic carbocycles. The van der Waals surface area contributed by atoms with Gasteiger partial charge in [-0.25, -0.2) is 4.79 Å². The number of aliphatic carboxylic acids is 1. The zero-order valence-corrected chi connectivity index (χ0v) is 7.23. The van der Waals surface area contributed by atoms with Gasteiger partial charge in [-0.1, -0.05) is 6.08 Å². The van der Waals surface area contributed by atoms with Crippen molar-refractivity contribution in [3.8, 4) is 0 Å². The van der Waals surface area contributed by atoms with Crippen LogP contribution in [0.25, 0.3) is 0 Å². The summed E-state index contributed by atoms with van der Waals surface area (Å²) in [5.41, 5.74) is 0.